The summed E-state index contributed by atoms with van der Waals surface area (Å²) in [6.07, 6.45) is 2.33. The van der Waals surface area contributed by atoms with Crippen molar-refractivity contribution in [2.75, 3.05) is 38.9 Å². The number of amides is 2. The minimum Gasteiger partial charge on any atom is -0.454 e. The highest BCUT2D eigenvalue weighted by Gasteiger charge is 2.23. The fraction of sp³-hybridized carbons (Fsp3) is 0.471. The van der Waals surface area contributed by atoms with Crippen LogP contribution in [0, 0.1) is 0 Å². The van der Waals surface area contributed by atoms with Crippen LogP contribution in [-0.2, 0) is 19.1 Å². The van der Waals surface area contributed by atoms with E-state index in [2.05, 4.69) is 10.6 Å². The lowest BCUT2D eigenvalue weighted by atomic mass is 10.1. The van der Waals surface area contributed by atoms with Crippen LogP contribution in [-0.4, -0.2) is 62.7 Å². The van der Waals surface area contributed by atoms with Crippen LogP contribution in [0.25, 0.3) is 0 Å². The van der Waals surface area contributed by atoms with Gasteiger partial charge in [0.1, 0.15) is 6.04 Å². The number of hydrogen-bond acceptors (Lipinski definition) is 6. The fourth-order valence-corrected chi connectivity index (χ4v) is 2.37. The summed E-state index contributed by atoms with van der Waals surface area (Å²) in [4.78, 5) is 36.0. The number of hydrogen-bond donors (Lipinski definition) is 2. The van der Waals surface area contributed by atoms with Crippen LogP contribution in [0.2, 0.25) is 0 Å². The molecule has 0 saturated carbocycles. The molecule has 2 N–H and O–H groups in total. The van der Waals surface area contributed by atoms with Crippen LogP contribution in [0.3, 0.4) is 0 Å². The maximum absolute atomic E-state index is 12.2. The molecular formula is C17H24N2O5S. The Morgan fingerprint density at radius 3 is 2.56 bits per heavy atom. The average Bonchev–Trinajstić information content (AvgIpc) is 2.63. The molecule has 7 nitrogen and oxygen atoms in total. The van der Waals surface area contributed by atoms with Crippen molar-refractivity contribution in [3.8, 4) is 0 Å². The number of ether oxygens (including phenoxy) is 2. The van der Waals surface area contributed by atoms with E-state index in [0.29, 0.717) is 30.9 Å². The van der Waals surface area contributed by atoms with Gasteiger partial charge in [-0.2, -0.15) is 11.8 Å². The zero-order valence-electron chi connectivity index (χ0n) is 14.4. The lowest BCUT2D eigenvalue weighted by Crippen LogP contribution is -2.43. The molecule has 1 aromatic carbocycles. The Hall–Kier alpha value is -2.06. The summed E-state index contributed by atoms with van der Waals surface area (Å²) in [5.41, 5.74) is 0.460. The Balaban J connectivity index is 2.54. The van der Waals surface area contributed by atoms with E-state index < -0.39 is 17.9 Å². The highest BCUT2D eigenvalue weighted by atomic mass is 32.2. The molecule has 0 aromatic heterocycles. The second-order valence-corrected chi connectivity index (χ2v) is 6.11. The molecule has 1 atom stereocenters. The average molecular weight is 368 g/mol. The number of methoxy groups -OCH3 is 1. The second-order valence-electron chi connectivity index (χ2n) is 5.12. The van der Waals surface area contributed by atoms with E-state index in [-0.39, 0.29) is 12.5 Å². The quantitative estimate of drug-likeness (QED) is 0.444. The Morgan fingerprint density at radius 1 is 1.20 bits per heavy atom. The van der Waals surface area contributed by atoms with Crippen molar-refractivity contribution in [1.82, 2.24) is 10.6 Å². The molecule has 25 heavy (non-hydrogen) atoms. The summed E-state index contributed by atoms with van der Waals surface area (Å²) in [6.45, 7) is 0.330. The van der Waals surface area contributed by atoms with E-state index in [1.54, 1.807) is 42.1 Å². The molecule has 0 aliphatic carbocycles. The summed E-state index contributed by atoms with van der Waals surface area (Å²) in [6, 6.07) is 7.82. The molecule has 0 radical (unpaired) electrons. The molecule has 2 amide bonds. The second kappa shape index (κ2) is 12.3. The molecule has 0 aliphatic heterocycles. The Morgan fingerprint density at radius 2 is 1.92 bits per heavy atom. The van der Waals surface area contributed by atoms with E-state index in [0.717, 1.165) is 0 Å². The van der Waals surface area contributed by atoms with Gasteiger partial charge in [0.15, 0.2) is 6.61 Å². The molecule has 0 saturated heterocycles. The third-order valence-electron chi connectivity index (χ3n) is 3.21. The van der Waals surface area contributed by atoms with Gasteiger partial charge in [-0.1, -0.05) is 18.2 Å². The maximum Gasteiger partial charge on any atom is 0.329 e. The van der Waals surface area contributed by atoms with Crippen LogP contribution in [0.5, 0.6) is 0 Å². The van der Waals surface area contributed by atoms with Crippen molar-refractivity contribution in [3.63, 3.8) is 0 Å². The van der Waals surface area contributed by atoms with Gasteiger partial charge in [-0.25, -0.2) is 4.79 Å². The van der Waals surface area contributed by atoms with Gasteiger partial charge in [0.05, 0.1) is 6.61 Å². The minimum atomic E-state index is -0.799. The predicted molar refractivity (Wildman–Crippen MR) is 96.5 cm³/mol. The van der Waals surface area contributed by atoms with Crippen LogP contribution < -0.4 is 10.6 Å². The standard InChI is InChI=1S/C17H24N2O5S/c1-23-10-9-18-15(20)12-24-17(22)14(8-11-25-2)19-16(21)13-6-4-3-5-7-13/h3-7,14H,8-12H2,1-2H3,(H,18,20)(H,19,21)/t14-/m1/s1. The summed E-state index contributed by atoms with van der Waals surface area (Å²) in [5, 5.41) is 5.22. The van der Waals surface area contributed by atoms with Crippen molar-refractivity contribution < 1.29 is 23.9 Å². The molecule has 138 valence electrons. The number of thioether (sulfide) groups is 1. The van der Waals surface area contributed by atoms with Crippen molar-refractivity contribution in [3.05, 3.63) is 35.9 Å². The number of nitrogens with one attached hydrogen (secondary N) is 2. The third kappa shape index (κ3) is 8.55. The molecule has 1 rings (SSSR count). The molecule has 0 heterocycles. The molecule has 0 bridgehead atoms. The van der Waals surface area contributed by atoms with Crippen LogP contribution in [0.4, 0.5) is 0 Å². The van der Waals surface area contributed by atoms with Crippen molar-refractivity contribution in [2.24, 2.45) is 0 Å². The summed E-state index contributed by atoms with van der Waals surface area (Å²) < 4.78 is 9.83. The topological polar surface area (TPSA) is 93.7 Å². The van der Waals surface area contributed by atoms with Crippen molar-refractivity contribution in [2.45, 2.75) is 12.5 Å². The van der Waals surface area contributed by atoms with Gasteiger partial charge in [0.25, 0.3) is 11.8 Å². The van der Waals surface area contributed by atoms with Gasteiger partial charge < -0.3 is 20.1 Å². The highest BCUT2D eigenvalue weighted by Crippen LogP contribution is 2.05. The minimum absolute atomic E-state index is 0.341. The van der Waals surface area contributed by atoms with E-state index in [9.17, 15) is 14.4 Å². The smallest absolute Gasteiger partial charge is 0.329 e. The van der Waals surface area contributed by atoms with Crippen molar-refractivity contribution in [1.29, 1.82) is 0 Å². The first kappa shape index (κ1) is 21.0. The van der Waals surface area contributed by atoms with Gasteiger partial charge in [-0.15, -0.1) is 0 Å². The van der Waals surface area contributed by atoms with Gasteiger partial charge in [-0.05, 0) is 30.6 Å². The summed E-state index contributed by atoms with van der Waals surface area (Å²) >= 11 is 1.56. The first-order chi connectivity index (χ1) is 12.1. The van der Waals surface area contributed by atoms with E-state index in [1.807, 2.05) is 6.26 Å². The number of rotatable bonds is 11. The highest BCUT2D eigenvalue weighted by molar-refractivity contribution is 7.98. The van der Waals surface area contributed by atoms with E-state index in [4.69, 9.17) is 9.47 Å². The van der Waals surface area contributed by atoms with Crippen molar-refractivity contribution >= 4 is 29.5 Å². The SMILES string of the molecule is COCCNC(=O)COC(=O)[C@@H](CCSC)NC(=O)c1ccccc1. The van der Waals surface area contributed by atoms with Gasteiger partial charge in [0, 0.05) is 19.2 Å². The lowest BCUT2D eigenvalue weighted by Gasteiger charge is -2.17. The normalized spacial score (nSPS) is 11.4. The first-order valence-electron chi connectivity index (χ1n) is 7.85. The van der Waals surface area contributed by atoms with E-state index in [1.165, 1.54) is 7.11 Å². The number of carbonyl (C=O) groups excluding carboxylic acids is 3. The zero-order valence-corrected chi connectivity index (χ0v) is 15.3. The molecule has 1 aromatic rings. The number of carbonyl (C=O) groups is 3. The number of benzene rings is 1. The predicted octanol–water partition coefficient (Wildman–Crippen LogP) is 0.844. The summed E-state index contributed by atoms with van der Waals surface area (Å²) in [7, 11) is 1.53. The Bertz CT molecular complexity index is 553. The first-order valence-corrected chi connectivity index (χ1v) is 9.25. The lowest BCUT2D eigenvalue weighted by molar-refractivity contribution is -0.150. The van der Waals surface area contributed by atoms with E-state index >= 15 is 0 Å². The molecule has 0 spiro atoms. The van der Waals surface area contributed by atoms with Crippen LogP contribution >= 0.6 is 11.8 Å². The Labute approximate surface area is 151 Å². The zero-order chi connectivity index (χ0) is 18.5. The monoisotopic (exact) mass is 368 g/mol. The van der Waals surface area contributed by atoms with Crippen LogP contribution in [0.1, 0.15) is 16.8 Å². The molecule has 0 fully saturated rings. The maximum atomic E-state index is 12.2. The Kier molecular flexibility index (Phi) is 10.3. The largest absolute Gasteiger partial charge is 0.454 e. The molecule has 0 aliphatic rings. The molecular weight excluding hydrogens is 344 g/mol. The third-order valence-corrected chi connectivity index (χ3v) is 3.85. The molecule has 8 heteroatoms. The van der Waals surface area contributed by atoms with Gasteiger partial charge in [-0.3, -0.25) is 9.59 Å². The number of esters is 1. The van der Waals surface area contributed by atoms with Gasteiger partial charge in [0.2, 0.25) is 0 Å². The summed E-state index contributed by atoms with van der Waals surface area (Å²) in [5.74, 6) is -0.716. The van der Waals surface area contributed by atoms with Gasteiger partial charge >= 0.3 is 5.97 Å². The molecule has 0 unspecified atom stereocenters. The van der Waals surface area contributed by atoms with Crippen LogP contribution in [0.15, 0.2) is 30.3 Å². The fourth-order valence-electron chi connectivity index (χ4n) is 1.90.